The third kappa shape index (κ3) is 3.66. The van der Waals surface area contributed by atoms with Crippen LogP contribution in [0, 0.1) is 0 Å². The summed E-state index contributed by atoms with van der Waals surface area (Å²) in [6.07, 6.45) is 1.28. The Bertz CT molecular complexity index is 612. The van der Waals surface area contributed by atoms with Gasteiger partial charge in [0.1, 0.15) is 13.2 Å². The highest BCUT2D eigenvalue weighted by Crippen LogP contribution is 2.32. The normalized spacial score (nSPS) is 19.3. The minimum Gasteiger partial charge on any atom is -0.486 e. The molecule has 0 spiro atoms. The van der Waals surface area contributed by atoms with Crippen molar-refractivity contribution >= 4 is 9.84 Å². The van der Waals surface area contributed by atoms with Crippen molar-refractivity contribution in [3.8, 4) is 11.5 Å². The number of aliphatic hydroxyl groups excluding tert-OH is 1. The first-order chi connectivity index (χ1) is 10.0. The van der Waals surface area contributed by atoms with Crippen molar-refractivity contribution in [3.63, 3.8) is 0 Å². The van der Waals surface area contributed by atoms with Gasteiger partial charge in [-0.15, -0.1) is 0 Å². The molecular formula is C14H19NO5S. The van der Waals surface area contributed by atoms with Gasteiger partial charge in [-0.1, -0.05) is 0 Å². The van der Waals surface area contributed by atoms with Crippen LogP contribution in [-0.2, 0) is 9.84 Å². The number of sulfone groups is 1. The van der Waals surface area contributed by atoms with E-state index in [1.807, 2.05) is 0 Å². The fraction of sp³-hybridized carbons (Fsp3) is 0.571. The van der Waals surface area contributed by atoms with Gasteiger partial charge >= 0.3 is 0 Å². The van der Waals surface area contributed by atoms with Crippen LogP contribution in [0.5, 0.6) is 11.5 Å². The first-order valence-corrected chi connectivity index (χ1v) is 8.74. The van der Waals surface area contributed by atoms with E-state index in [1.165, 1.54) is 12.1 Å². The van der Waals surface area contributed by atoms with E-state index in [0.29, 0.717) is 37.3 Å². The zero-order chi connectivity index (χ0) is 14.9. The summed E-state index contributed by atoms with van der Waals surface area (Å²) in [5, 5.41) is 13.0. The van der Waals surface area contributed by atoms with Crippen LogP contribution in [-0.4, -0.2) is 51.2 Å². The number of hydrogen-bond acceptors (Lipinski definition) is 6. The van der Waals surface area contributed by atoms with Crippen LogP contribution in [0.25, 0.3) is 0 Å². The molecule has 21 heavy (non-hydrogen) atoms. The molecule has 1 saturated carbocycles. The zero-order valence-corrected chi connectivity index (χ0v) is 12.4. The lowest BCUT2D eigenvalue weighted by Gasteiger charge is -2.19. The maximum atomic E-state index is 12.3. The number of benzene rings is 1. The van der Waals surface area contributed by atoms with Crippen molar-refractivity contribution in [2.75, 3.05) is 25.5 Å². The number of rotatable bonds is 6. The van der Waals surface area contributed by atoms with Crippen LogP contribution in [0.2, 0.25) is 0 Å². The predicted molar refractivity (Wildman–Crippen MR) is 76.5 cm³/mol. The molecule has 1 heterocycles. The van der Waals surface area contributed by atoms with Crippen molar-refractivity contribution in [2.24, 2.45) is 0 Å². The van der Waals surface area contributed by atoms with Crippen LogP contribution in [0.4, 0.5) is 0 Å². The average Bonchev–Trinajstić information content (AvgIpc) is 3.28. The molecule has 1 aromatic carbocycles. The van der Waals surface area contributed by atoms with Crippen LogP contribution in [0.3, 0.4) is 0 Å². The van der Waals surface area contributed by atoms with Gasteiger partial charge in [0.25, 0.3) is 0 Å². The summed E-state index contributed by atoms with van der Waals surface area (Å²) in [7, 11) is -3.55. The molecule has 2 N–H and O–H groups in total. The van der Waals surface area contributed by atoms with E-state index in [1.54, 1.807) is 6.07 Å². The largest absolute Gasteiger partial charge is 0.486 e. The molecule has 116 valence electrons. The topological polar surface area (TPSA) is 84.9 Å². The first kappa shape index (κ1) is 14.6. The monoisotopic (exact) mass is 313 g/mol. The SMILES string of the molecule is O=S(=O)(CC(O)CNC1CC1)c1ccc2c(c1)OCCO2. The summed E-state index contributed by atoms with van der Waals surface area (Å²) in [5.41, 5.74) is 0. The third-order valence-corrected chi connectivity index (χ3v) is 5.30. The van der Waals surface area contributed by atoms with E-state index in [9.17, 15) is 13.5 Å². The van der Waals surface area contributed by atoms with Crippen molar-refractivity contribution in [1.82, 2.24) is 5.32 Å². The second-order valence-corrected chi connectivity index (χ2v) is 7.46. The number of hydrogen-bond donors (Lipinski definition) is 2. The van der Waals surface area contributed by atoms with Crippen LogP contribution >= 0.6 is 0 Å². The van der Waals surface area contributed by atoms with E-state index in [4.69, 9.17) is 9.47 Å². The molecule has 0 aromatic heterocycles. The summed E-state index contributed by atoms with van der Waals surface area (Å²) in [5.74, 6) is 0.691. The average molecular weight is 313 g/mol. The van der Waals surface area contributed by atoms with Gasteiger partial charge in [0.05, 0.1) is 16.8 Å². The Balaban J connectivity index is 1.68. The van der Waals surface area contributed by atoms with Crippen molar-refractivity contribution in [3.05, 3.63) is 18.2 Å². The molecule has 1 aliphatic carbocycles. The number of fused-ring (bicyclic) bond motifs is 1. The summed E-state index contributed by atoms with van der Waals surface area (Å²) in [6, 6.07) is 4.99. The molecule has 6 nitrogen and oxygen atoms in total. The lowest BCUT2D eigenvalue weighted by molar-refractivity contribution is 0.171. The van der Waals surface area contributed by atoms with Crippen molar-refractivity contribution < 1.29 is 23.0 Å². The molecule has 1 aromatic rings. The molecule has 0 saturated heterocycles. The maximum Gasteiger partial charge on any atom is 0.181 e. The Morgan fingerprint density at radius 1 is 1.24 bits per heavy atom. The minimum atomic E-state index is -3.55. The third-order valence-electron chi connectivity index (χ3n) is 3.50. The molecule has 3 rings (SSSR count). The number of nitrogens with one attached hydrogen (secondary N) is 1. The molecule has 1 fully saturated rings. The second kappa shape index (κ2) is 5.82. The van der Waals surface area contributed by atoms with E-state index in [2.05, 4.69) is 5.32 Å². The fourth-order valence-electron chi connectivity index (χ4n) is 2.22. The summed E-state index contributed by atoms with van der Waals surface area (Å²) in [4.78, 5) is 0.150. The van der Waals surface area contributed by atoms with Crippen LogP contribution in [0.1, 0.15) is 12.8 Å². The fourth-order valence-corrected chi connectivity index (χ4v) is 3.59. The standard InChI is InChI=1S/C14H19NO5S/c16-11(8-15-10-1-2-10)9-21(17,18)12-3-4-13-14(7-12)20-6-5-19-13/h3-4,7,10-11,15-16H,1-2,5-6,8-9H2. The van der Waals surface area contributed by atoms with E-state index < -0.39 is 15.9 Å². The van der Waals surface area contributed by atoms with Gasteiger partial charge < -0.3 is 19.9 Å². The van der Waals surface area contributed by atoms with E-state index in [0.717, 1.165) is 12.8 Å². The molecule has 7 heteroatoms. The molecule has 1 aliphatic heterocycles. The van der Waals surface area contributed by atoms with Gasteiger partial charge in [-0.05, 0) is 25.0 Å². The Kier molecular flexibility index (Phi) is 4.05. The van der Waals surface area contributed by atoms with E-state index >= 15 is 0 Å². The summed E-state index contributed by atoms with van der Waals surface area (Å²) < 4.78 is 35.4. The molecule has 1 atom stereocenters. The van der Waals surface area contributed by atoms with Crippen LogP contribution < -0.4 is 14.8 Å². The number of ether oxygens (including phenoxy) is 2. The Morgan fingerprint density at radius 3 is 2.67 bits per heavy atom. The first-order valence-electron chi connectivity index (χ1n) is 7.08. The molecule has 1 unspecified atom stereocenters. The zero-order valence-electron chi connectivity index (χ0n) is 11.6. The Morgan fingerprint density at radius 2 is 1.95 bits per heavy atom. The lowest BCUT2D eigenvalue weighted by atomic mass is 10.3. The number of aliphatic hydroxyl groups is 1. The van der Waals surface area contributed by atoms with Gasteiger partial charge in [0.15, 0.2) is 21.3 Å². The molecular weight excluding hydrogens is 294 g/mol. The molecule has 2 aliphatic rings. The maximum absolute atomic E-state index is 12.3. The smallest absolute Gasteiger partial charge is 0.181 e. The summed E-state index contributed by atoms with van der Waals surface area (Å²) >= 11 is 0. The minimum absolute atomic E-state index is 0.150. The van der Waals surface area contributed by atoms with Gasteiger partial charge in [0.2, 0.25) is 0 Å². The predicted octanol–water partition coefficient (Wildman–Crippen LogP) is 0.344. The molecule has 0 bridgehead atoms. The molecule has 0 radical (unpaired) electrons. The van der Waals surface area contributed by atoms with Gasteiger partial charge in [-0.3, -0.25) is 0 Å². The second-order valence-electron chi connectivity index (χ2n) is 5.42. The Labute approximate surface area is 124 Å². The van der Waals surface area contributed by atoms with E-state index in [-0.39, 0.29) is 10.6 Å². The summed E-state index contributed by atoms with van der Waals surface area (Å²) in [6.45, 7) is 1.17. The highest BCUT2D eigenvalue weighted by molar-refractivity contribution is 7.91. The molecule has 0 amide bonds. The van der Waals surface area contributed by atoms with Gasteiger partial charge in [0, 0.05) is 18.7 Å². The van der Waals surface area contributed by atoms with Crippen molar-refractivity contribution in [2.45, 2.75) is 29.9 Å². The van der Waals surface area contributed by atoms with Crippen molar-refractivity contribution in [1.29, 1.82) is 0 Å². The lowest BCUT2D eigenvalue weighted by Crippen LogP contribution is -2.33. The van der Waals surface area contributed by atoms with Crippen LogP contribution in [0.15, 0.2) is 23.1 Å². The highest BCUT2D eigenvalue weighted by Gasteiger charge is 2.25. The Hall–Kier alpha value is -1.31. The quantitative estimate of drug-likeness (QED) is 0.788. The highest BCUT2D eigenvalue weighted by atomic mass is 32.2. The van der Waals surface area contributed by atoms with Gasteiger partial charge in [-0.2, -0.15) is 0 Å². The van der Waals surface area contributed by atoms with Gasteiger partial charge in [-0.25, -0.2) is 8.42 Å².